The van der Waals surface area contributed by atoms with Gasteiger partial charge in [0.2, 0.25) is 0 Å². The lowest BCUT2D eigenvalue weighted by atomic mass is 10.5. The molecule has 0 radical (unpaired) electrons. The standard InChI is InChI=1S/C5H2BrClN6O2S/c6-4-8-5(13(14)15)10-12(4)1-2-3(7)16-11-9-2/h1H2. The molecule has 0 saturated heterocycles. The second-order valence-electron chi connectivity index (χ2n) is 2.59. The number of hydrogen-bond donors (Lipinski definition) is 0. The van der Waals surface area contributed by atoms with Gasteiger partial charge in [-0.15, -0.1) is 5.10 Å². The molecule has 2 aromatic rings. The summed E-state index contributed by atoms with van der Waals surface area (Å²) in [5.41, 5.74) is 0.493. The SMILES string of the molecule is O=[N+]([O-])c1nc(Br)n(Cc2nnsc2Cl)n1. The first-order valence-electron chi connectivity index (χ1n) is 3.79. The van der Waals surface area contributed by atoms with E-state index in [4.69, 9.17) is 11.6 Å². The van der Waals surface area contributed by atoms with E-state index in [9.17, 15) is 10.1 Å². The molecule has 2 rings (SSSR count). The van der Waals surface area contributed by atoms with E-state index in [0.717, 1.165) is 11.5 Å². The molecule has 0 N–H and O–H groups in total. The van der Waals surface area contributed by atoms with Crippen molar-refractivity contribution in [2.45, 2.75) is 6.54 Å². The van der Waals surface area contributed by atoms with Gasteiger partial charge in [0.05, 0.1) is 0 Å². The number of halogens is 2. The van der Waals surface area contributed by atoms with Crippen molar-refractivity contribution < 1.29 is 4.92 Å². The fourth-order valence-corrected chi connectivity index (χ4v) is 1.90. The lowest BCUT2D eigenvalue weighted by Gasteiger charge is -1.92. The van der Waals surface area contributed by atoms with Crippen LogP contribution >= 0.6 is 39.1 Å². The first kappa shape index (κ1) is 11.4. The highest BCUT2D eigenvalue weighted by molar-refractivity contribution is 9.10. The van der Waals surface area contributed by atoms with Crippen LogP contribution in [0.25, 0.3) is 0 Å². The number of nitrogens with zero attached hydrogens (tertiary/aromatic N) is 6. The van der Waals surface area contributed by atoms with Crippen LogP contribution in [0, 0.1) is 10.1 Å². The number of nitro groups is 1. The molecule has 0 atom stereocenters. The molecule has 0 aliphatic heterocycles. The van der Waals surface area contributed by atoms with Crippen molar-refractivity contribution in [1.29, 1.82) is 0 Å². The Morgan fingerprint density at radius 1 is 1.62 bits per heavy atom. The Morgan fingerprint density at radius 2 is 2.38 bits per heavy atom. The van der Waals surface area contributed by atoms with E-state index >= 15 is 0 Å². The Morgan fingerprint density at radius 3 is 2.88 bits per heavy atom. The molecule has 0 spiro atoms. The number of aromatic nitrogens is 5. The average molecular weight is 326 g/mol. The molecule has 0 aliphatic carbocycles. The predicted molar refractivity (Wildman–Crippen MR) is 58.4 cm³/mol. The van der Waals surface area contributed by atoms with Crippen molar-refractivity contribution in [1.82, 2.24) is 24.4 Å². The molecule has 0 amide bonds. The summed E-state index contributed by atoms with van der Waals surface area (Å²) in [7, 11) is 0. The van der Waals surface area contributed by atoms with Crippen molar-refractivity contribution in [2.24, 2.45) is 0 Å². The van der Waals surface area contributed by atoms with Crippen molar-refractivity contribution in [3.05, 3.63) is 24.9 Å². The smallest absolute Gasteiger partial charge is 0.390 e. The zero-order valence-electron chi connectivity index (χ0n) is 7.37. The molecule has 0 aromatic carbocycles. The van der Waals surface area contributed by atoms with E-state index in [0.29, 0.717) is 10.0 Å². The van der Waals surface area contributed by atoms with Gasteiger partial charge in [-0.05, 0) is 9.91 Å². The molecule has 0 fully saturated rings. The molecular weight excluding hydrogens is 324 g/mol. The molecule has 16 heavy (non-hydrogen) atoms. The summed E-state index contributed by atoms with van der Waals surface area (Å²) >= 11 is 9.88. The van der Waals surface area contributed by atoms with Gasteiger partial charge in [-0.2, -0.15) is 4.68 Å². The fraction of sp³-hybridized carbons (Fsp3) is 0.200. The van der Waals surface area contributed by atoms with Crippen molar-refractivity contribution >= 4 is 45.0 Å². The van der Waals surface area contributed by atoms with Gasteiger partial charge in [-0.3, -0.25) is 0 Å². The molecule has 11 heteroatoms. The van der Waals surface area contributed by atoms with Crippen LogP contribution in [0.2, 0.25) is 4.34 Å². The Balaban J connectivity index is 2.28. The van der Waals surface area contributed by atoms with Crippen LogP contribution < -0.4 is 0 Å². The highest BCUT2D eigenvalue weighted by atomic mass is 79.9. The molecule has 0 unspecified atom stereocenters. The third kappa shape index (κ3) is 2.18. The van der Waals surface area contributed by atoms with E-state index in [1.807, 2.05) is 0 Å². The Kier molecular flexibility index (Phi) is 3.12. The minimum absolute atomic E-state index is 0.177. The third-order valence-corrected chi connectivity index (χ3v) is 3.16. The monoisotopic (exact) mass is 324 g/mol. The molecule has 2 heterocycles. The molecule has 0 saturated carbocycles. The molecule has 84 valence electrons. The Hall–Kier alpha value is -1.13. The number of hydrogen-bond acceptors (Lipinski definition) is 7. The van der Waals surface area contributed by atoms with Crippen molar-refractivity contribution in [3.63, 3.8) is 0 Å². The molecule has 0 aliphatic rings. The van der Waals surface area contributed by atoms with Gasteiger partial charge < -0.3 is 10.1 Å². The summed E-state index contributed by atoms with van der Waals surface area (Å²) in [6.45, 7) is 0.177. The third-order valence-electron chi connectivity index (χ3n) is 1.59. The summed E-state index contributed by atoms with van der Waals surface area (Å²) in [4.78, 5) is 13.4. The zero-order valence-corrected chi connectivity index (χ0v) is 10.5. The maximum absolute atomic E-state index is 10.4. The maximum atomic E-state index is 10.4. The summed E-state index contributed by atoms with van der Waals surface area (Å²) in [6.07, 6.45) is 0. The average Bonchev–Trinajstić information content (AvgIpc) is 2.76. The largest absolute Gasteiger partial charge is 0.492 e. The van der Waals surface area contributed by atoms with Gasteiger partial charge in [0.1, 0.15) is 16.6 Å². The molecular formula is C5H2BrClN6O2S. The fourth-order valence-electron chi connectivity index (χ4n) is 0.923. The predicted octanol–water partition coefficient (Wildman–Crippen LogP) is 1.50. The lowest BCUT2D eigenvalue weighted by molar-refractivity contribution is -0.394. The number of rotatable bonds is 3. The summed E-state index contributed by atoms with van der Waals surface area (Å²) in [5, 5.41) is 17.9. The highest BCUT2D eigenvalue weighted by Gasteiger charge is 2.21. The van der Waals surface area contributed by atoms with Gasteiger partial charge in [0, 0.05) is 32.6 Å². The van der Waals surface area contributed by atoms with Crippen LogP contribution in [0.1, 0.15) is 5.69 Å². The zero-order chi connectivity index (χ0) is 11.7. The Labute approximate surface area is 106 Å². The van der Waals surface area contributed by atoms with Gasteiger partial charge in [-0.25, -0.2) is 0 Å². The lowest BCUT2D eigenvalue weighted by Crippen LogP contribution is -2.03. The van der Waals surface area contributed by atoms with Gasteiger partial charge >= 0.3 is 5.95 Å². The minimum atomic E-state index is -0.678. The van der Waals surface area contributed by atoms with Crippen LogP contribution in [-0.4, -0.2) is 29.3 Å². The first-order chi connectivity index (χ1) is 7.58. The second kappa shape index (κ2) is 4.39. The van der Waals surface area contributed by atoms with Crippen LogP contribution in [-0.2, 0) is 6.54 Å². The van der Waals surface area contributed by atoms with Crippen molar-refractivity contribution in [3.8, 4) is 0 Å². The topological polar surface area (TPSA) is 99.6 Å². The van der Waals surface area contributed by atoms with E-state index in [1.165, 1.54) is 4.68 Å². The molecule has 0 bridgehead atoms. The van der Waals surface area contributed by atoms with Crippen LogP contribution in [0.3, 0.4) is 0 Å². The van der Waals surface area contributed by atoms with E-state index < -0.39 is 10.9 Å². The normalized spacial score (nSPS) is 10.6. The molecule has 2 aromatic heterocycles. The first-order valence-corrected chi connectivity index (χ1v) is 5.74. The summed E-state index contributed by atoms with van der Waals surface area (Å²) in [6, 6.07) is 0. The second-order valence-corrected chi connectivity index (χ2v) is 4.65. The van der Waals surface area contributed by atoms with Crippen LogP contribution in [0.4, 0.5) is 5.95 Å². The maximum Gasteiger partial charge on any atom is 0.492 e. The summed E-state index contributed by atoms with van der Waals surface area (Å²) < 4.78 is 5.58. The summed E-state index contributed by atoms with van der Waals surface area (Å²) in [5.74, 6) is -0.480. The quantitative estimate of drug-likeness (QED) is 0.626. The Bertz CT molecular complexity index is 541. The van der Waals surface area contributed by atoms with E-state index in [-0.39, 0.29) is 11.3 Å². The van der Waals surface area contributed by atoms with Gasteiger partial charge in [0.25, 0.3) is 4.73 Å². The highest BCUT2D eigenvalue weighted by Crippen LogP contribution is 2.20. The minimum Gasteiger partial charge on any atom is -0.390 e. The van der Waals surface area contributed by atoms with Gasteiger partial charge in [0.15, 0.2) is 0 Å². The van der Waals surface area contributed by atoms with E-state index in [1.54, 1.807) is 0 Å². The van der Waals surface area contributed by atoms with Gasteiger partial charge in [-0.1, -0.05) is 16.1 Å². The van der Waals surface area contributed by atoms with Crippen LogP contribution in [0.15, 0.2) is 4.73 Å². The van der Waals surface area contributed by atoms with E-state index in [2.05, 4.69) is 35.6 Å². The van der Waals surface area contributed by atoms with Crippen LogP contribution in [0.5, 0.6) is 0 Å². The molecule has 8 nitrogen and oxygen atoms in total. The van der Waals surface area contributed by atoms with Crippen molar-refractivity contribution in [2.75, 3.05) is 0 Å².